The van der Waals surface area contributed by atoms with Crippen LogP contribution in [0, 0.1) is 0 Å². The maximum absolute atomic E-state index is 8.53. The molecular formula is C8H13NO2. The summed E-state index contributed by atoms with van der Waals surface area (Å²) in [4.78, 5) is 0. The number of rotatable bonds is 4. The van der Waals surface area contributed by atoms with E-state index in [1.54, 1.807) is 12.5 Å². The lowest BCUT2D eigenvalue weighted by atomic mass is 10.1. The molecule has 1 heterocycles. The van der Waals surface area contributed by atoms with Gasteiger partial charge in [0.2, 0.25) is 0 Å². The van der Waals surface area contributed by atoms with Crippen LogP contribution in [0.25, 0.3) is 0 Å². The van der Waals surface area contributed by atoms with Crippen molar-refractivity contribution in [1.29, 1.82) is 0 Å². The highest BCUT2D eigenvalue weighted by atomic mass is 16.3. The Kier molecular flexibility index (Phi) is 3.14. The van der Waals surface area contributed by atoms with Gasteiger partial charge in [-0.2, -0.15) is 0 Å². The van der Waals surface area contributed by atoms with Gasteiger partial charge in [0.1, 0.15) is 0 Å². The van der Waals surface area contributed by atoms with E-state index >= 15 is 0 Å². The minimum Gasteiger partial charge on any atom is -0.472 e. The Hall–Kier alpha value is -0.800. The summed E-state index contributed by atoms with van der Waals surface area (Å²) in [7, 11) is 0. The summed E-state index contributed by atoms with van der Waals surface area (Å²) in [5.41, 5.74) is 6.75. The van der Waals surface area contributed by atoms with Gasteiger partial charge in [0.15, 0.2) is 0 Å². The number of hydrogen-bond donors (Lipinski definition) is 2. The fraction of sp³-hybridized carbons (Fsp3) is 0.500. The first-order valence-electron chi connectivity index (χ1n) is 3.73. The van der Waals surface area contributed by atoms with Crippen LogP contribution < -0.4 is 5.73 Å². The third-order valence-corrected chi connectivity index (χ3v) is 1.64. The van der Waals surface area contributed by atoms with Crippen LogP contribution >= 0.6 is 0 Å². The van der Waals surface area contributed by atoms with Gasteiger partial charge in [-0.1, -0.05) is 0 Å². The van der Waals surface area contributed by atoms with Crippen LogP contribution in [-0.2, 0) is 0 Å². The van der Waals surface area contributed by atoms with Gasteiger partial charge in [-0.15, -0.1) is 0 Å². The predicted octanol–water partition coefficient (Wildman–Crippen LogP) is 1.05. The van der Waals surface area contributed by atoms with Crippen molar-refractivity contribution in [3.8, 4) is 0 Å². The fourth-order valence-electron chi connectivity index (χ4n) is 0.964. The molecule has 11 heavy (non-hydrogen) atoms. The van der Waals surface area contributed by atoms with Crippen LogP contribution in [0.1, 0.15) is 24.4 Å². The molecular weight excluding hydrogens is 142 g/mol. The smallest absolute Gasteiger partial charge is 0.0950 e. The minimum atomic E-state index is 0.000833. The molecule has 0 unspecified atom stereocenters. The Labute approximate surface area is 65.8 Å². The van der Waals surface area contributed by atoms with Crippen LogP contribution in [0.2, 0.25) is 0 Å². The van der Waals surface area contributed by atoms with E-state index in [4.69, 9.17) is 15.3 Å². The molecule has 0 spiro atoms. The number of aliphatic hydroxyl groups excluding tert-OH is 1. The molecule has 0 saturated carbocycles. The molecule has 3 heteroatoms. The fourth-order valence-corrected chi connectivity index (χ4v) is 0.964. The van der Waals surface area contributed by atoms with E-state index in [9.17, 15) is 0 Å². The monoisotopic (exact) mass is 155 g/mol. The van der Waals surface area contributed by atoms with Crippen molar-refractivity contribution in [2.45, 2.75) is 18.9 Å². The zero-order valence-corrected chi connectivity index (χ0v) is 6.36. The van der Waals surface area contributed by atoms with Gasteiger partial charge >= 0.3 is 0 Å². The number of nitrogens with two attached hydrogens (primary N) is 1. The number of furan rings is 1. The van der Waals surface area contributed by atoms with E-state index in [0.717, 1.165) is 18.4 Å². The van der Waals surface area contributed by atoms with Crippen molar-refractivity contribution >= 4 is 0 Å². The molecule has 0 aliphatic rings. The molecule has 0 aliphatic carbocycles. The maximum atomic E-state index is 8.53. The van der Waals surface area contributed by atoms with E-state index in [1.807, 2.05) is 6.07 Å². The molecule has 0 saturated heterocycles. The quantitative estimate of drug-likeness (QED) is 0.683. The van der Waals surface area contributed by atoms with Crippen molar-refractivity contribution < 1.29 is 9.52 Å². The topological polar surface area (TPSA) is 59.4 Å². The lowest BCUT2D eigenvalue weighted by molar-refractivity contribution is 0.280. The summed E-state index contributed by atoms with van der Waals surface area (Å²) >= 11 is 0. The summed E-state index contributed by atoms with van der Waals surface area (Å²) in [6.45, 7) is 0.200. The molecule has 1 aromatic heterocycles. The average Bonchev–Trinajstić information content (AvgIpc) is 2.52. The predicted molar refractivity (Wildman–Crippen MR) is 42.0 cm³/mol. The molecule has 0 bridgehead atoms. The third-order valence-electron chi connectivity index (χ3n) is 1.64. The van der Waals surface area contributed by atoms with Crippen LogP contribution in [0.3, 0.4) is 0 Å². The lowest BCUT2D eigenvalue weighted by Gasteiger charge is -2.06. The van der Waals surface area contributed by atoms with Crippen LogP contribution in [0.4, 0.5) is 0 Å². The Morgan fingerprint density at radius 1 is 1.64 bits per heavy atom. The van der Waals surface area contributed by atoms with E-state index in [0.29, 0.717) is 0 Å². The molecule has 3 nitrogen and oxygen atoms in total. The lowest BCUT2D eigenvalue weighted by Crippen LogP contribution is -2.09. The first kappa shape index (κ1) is 8.30. The van der Waals surface area contributed by atoms with Gasteiger partial charge in [-0.25, -0.2) is 0 Å². The molecule has 0 amide bonds. The normalized spacial score (nSPS) is 13.3. The van der Waals surface area contributed by atoms with Crippen LogP contribution in [-0.4, -0.2) is 11.7 Å². The Balaban J connectivity index is 2.36. The number of aliphatic hydroxyl groups is 1. The van der Waals surface area contributed by atoms with E-state index in [1.165, 1.54) is 0 Å². The Bertz CT molecular complexity index is 184. The van der Waals surface area contributed by atoms with Crippen molar-refractivity contribution in [2.24, 2.45) is 5.73 Å². The Morgan fingerprint density at radius 2 is 2.45 bits per heavy atom. The van der Waals surface area contributed by atoms with Crippen molar-refractivity contribution in [1.82, 2.24) is 0 Å². The molecule has 0 aliphatic heterocycles. The highest BCUT2D eigenvalue weighted by molar-refractivity contribution is 5.10. The largest absolute Gasteiger partial charge is 0.472 e. The second-order valence-electron chi connectivity index (χ2n) is 2.53. The van der Waals surface area contributed by atoms with Crippen molar-refractivity contribution in [3.63, 3.8) is 0 Å². The van der Waals surface area contributed by atoms with Gasteiger partial charge in [-0.05, 0) is 18.9 Å². The highest BCUT2D eigenvalue weighted by Gasteiger charge is 2.05. The summed E-state index contributed by atoms with van der Waals surface area (Å²) < 4.78 is 4.87. The Morgan fingerprint density at radius 3 is 3.00 bits per heavy atom. The summed E-state index contributed by atoms with van der Waals surface area (Å²) in [6, 6.07) is 1.85. The van der Waals surface area contributed by atoms with Crippen molar-refractivity contribution in [2.75, 3.05) is 6.61 Å². The maximum Gasteiger partial charge on any atom is 0.0950 e. The molecule has 62 valence electrons. The van der Waals surface area contributed by atoms with Gasteiger partial charge in [-0.3, -0.25) is 0 Å². The average molecular weight is 155 g/mol. The van der Waals surface area contributed by atoms with E-state index in [-0.39, 0.29) is 12.6 Å². The second kappa shape index (κ2) is 4.16. The SMILES string of the molecule is N[C@H](CCCO)c1ccoc1. The standard InChI is InChI=1S/C8H13NO2/c9-8(2-1-4-10)7-3-5-11-6-7/h3,5-6,8,10H,1-2,4,9H2/t8-/m1/s1. The molecule has 1 aromatic rings. The molecule has 3 N–H and O–H groups in total. The van der Waals surface area contributed by atoms with Crippen LogP contribution in [0.5, 0.6) is 0 Å². The van der Waals surface area contributed by atoms with Crippen molar-refractivity contribution in [3.05, 3.63) is 24.2 Å². The molecule has 0 fully saturated rings. The third kappa shape index (κ3) is 2.37. The van der Waals surface area contributed by atoms with Gasteiger partial charge in [0.05, 0.1) is 12.5 Å². The number of hydrogen-bond acceptors (Lipinski definition) is 3. The molecule has 0 radical (unpaired) electrons. The molecule has 1 rings (SSSR count). The van der Waals surface area contributed by atoms with Gasteiger partial charge in [0.25, 0.3) is 0 Å². The van der Waals surface area contributed by atoms with Gasteiger partial charge in [0, 0.05) is 18.2 Å². The highest BCUT2D eigenvalue weighted by Crippen LogP contribution is 2.15. The second-order valence-corrected chi connectivity index (χ2v) is 2.53. The summed E-state index contributed by atoms with van der Waals surface area (Å²) in [5.74, 6) is 0. The zero-order chi connectivity index (χ0) is 8.10. The van der Waals surface area contributed by atoms with E-state index in [2.05, 4.69) is 0 Å². The minimum absolute atomic E-state index is 0.000833. The first-order valence-corrected chi connectivity index (χ1v) is 3.73. The zero-order valence-electron chi connectivity index (χ0n) is 6.36. The van der Waals surface area contributed by atoms with Gasteiger partial charge < -0.3 is 15.3 Å². The first-order chi connectivity index (χ1) is 5.34. The van der Waals surface area contributed by atoms with E-state index < -0.39 is 0 Å². The summed E-state index contributed by atoms with van der Waals surface area (Å²) in [5, 5.41) is 8.53. The summed E-state index contributed by atoms with van der Waals surface area (Å²) in [6.07, 6.45) is 4.79. The van der Waals surface area contributed by atoms with Crippen LogP contribution in [0.15, 0.2) is 23.0 Å². The molecule has 1 atom stereocenters. The molecule has 0 aromatic carbocycles.